The Hall–Kier alpha value is -1.06. The zero-order valence-corrected chi connectivity index (χ0v) is 10.9. The first-order chi connectivity index (χ1) is 8.66. The molecule has 1 aromatic carbocycles. The van der Waals surface area contributed by atoms with Crippen LogP contribution in [0, 0.1) is 0 Å². The summed E-state index contributed by atoms with van der Waals surface area (Å²) in [7, 11) is 2.14. The van der Waals surface area contributed by atoms with Crippen LogP contribution in [-0.2, 0) is 5.60 Å². The van der Waals surface area contributed by atoms with Gasteiger partial charge in [0, 0.05) is 6.54 Å². The highest BCUT2D eigenvalue weighted by molar-refractivity contribution is 5.35. The summed E-state index contributed by atoms with van der Waals surface area (Å²) in [5.74, 6) is 0.896. The van der Waals surface area contributed by atoms with E-state index < -0.39 is 5.60 Å². The van der Waals surface area contributed by atoms with Gasteiger partial charge in [-0.1, -0.05) is 12.1 Å². The number of nitrogens with zero attached hydrogens (tertiary/aromatic N) is 1. The molecule has 3 heteroatoms. The van der Waals surface area contributed by atoms with Gasteiger partial charge < -0.3 is 14.7 Å². The molecule has 18 heavy (non-hydrogen) atoms. The number of piperidine rings is 1. The molecule has 2 aliphatic rings. The van der Waals surface area contributed by atoms with Gasteiger partial charge in [0.1, 0.15) is 11.9 Å². The van der Waals surface area contributed by atoms with Gasteiger partial charge in [0.15, 0.2) is 0 Å². The Morgan fingerprint density at radius 3 is 2.94 bits per heavy atom. The number of hydrogen-bond acceptors (Lipinski definition) is 3. The van der Waals surface area contributed by atoms with Gasteiger partial charge in [-0.3, -0.25) is 0 Å². The number of likely N-dealkylation sites (N-methyl/N-ethyl adjacent to an activating group) is 1. The van der Waals surface area contributed by atoms with Crippen LogP contribution in [0.3, 0.4) is 0 Å². The minimum absolute atomic E-state index is 0.285. The third-order valence-electron chi connectivity index (χ3n) is 3.98. The molecule has 1 heterocycles. The third-order valence-corrected chi connectivity index (χ3v) is 3.98. The average Bonchev–Trinajstić information content (AvgIpc) is 3.09. The van der Waals surface area contributed by atoms with Crippen LogP contribution in [-0.4, -0.2) is 36.2 Å². The van der Waals surface area contributed by atoms with Crippen molar-refractivity contribution in [2.24, 2.45) is 0 Å². The van der Waals surface area contributed by atoms with E-state index in [0.717, 1.165) is 37.1 Å². The highest BCUT2D eigenvalue weighted by Crippen LogP contribution is 2.45. The highest BCUT2D eigenvalue weighted by Gasteiger charge is 2.42. The number of benzene rings is 1. The van der Waals surface area contributed by atoms with Crippen molar-refractivity contribution in [3.05, 3.63) is 29.8 Å². The van der Waals surface area contributed by atoms with Crippen LogP contribution in [0.5, 0.6) is 5.75 Å². The van der Waals surface area contributed by atoms with Crippen molar-refractivity contribution in [1.82, 2.24) is 4.90 Å². The molecule has 3 nitrogen and oxygen atoms in total. The first-order valence-electron chi connectivity index (χ1n) is 6.84. The SMILES string of the molecule is CN1CCCC(Oc2cccc(C3(O)CC3)c2)C1. The monoisotopic (exact) mass is 247 g/mol. The minimum atomic E-state index is -0.567. The summed E-state index contributed by atoms with van der Waals surface area (Å²) in [4.78, 5) is 2.31. The van der Waals surface area contributed by atoms with E-state index in [-0.39, 0.29) is 6.10 Å². The maximum Gasteiger partial charge on any atom is 0.120 e. The van der Waals surface area contributed by atoms with Crippen molar-refractivity contribution in [3.8, 4) is 5.75 Å². The Kier molecular flexibility index (Phi) is 3.04. The van der Waals surface area contributed by atoms with Crippen LogP contribution in [0.2, 0.25) is 0 Å². The van der Waals surface area contributed by atoms with Crippen molar-refractivity contribution in [2.45, 2.75) is 37.4 Å². The first kappa shape index (κ1) is 12.0. The van der Waals surface area contributed by atoms with E-state index in [4.69, 9.17) is 4.74 Å². The molecular formula is C15H21NO2. The fraction of sp³-hybridized carbons (Fsp3) is 0.600. The molecule has 1 aliphatic heterocycles. The van der Waals surface area contributed by atoms with Crippen LogP contribution in [0.15, 0.2) is 24.3 Å². The zero-order valence-electron chi connectivity index (χ0n) is 10.9. The quantitative estimate of drug-likeness (QED) is 0.888. The largest absolute Gasteiger partial charge is 0.489 e. The van der Waals surface area contributed by atoms with Gasteiger partial charge >= 0.3 is 0 Å². The molecule has 0 amide bonds. The van der Waals surface area contributed by atoms with Crippen molar-refractivity contribution in [2.75, 3.05) is 20.1 Å². The molecule has 1 saturated heterocycles. The molecule has 0 aromatic heterocycles. The lowest BCUT2D eigenvalue weighted by Crippen LogP contribution is -2.38. The Bertz CT molecular complexity index is 428. The van der Waals surface area contributed by atoms with E-state index in [9.17, 15) is 5.11 Å². The Morgan fingerprint density at radius 1 is 1.39 bits per heavy atom. The van der Waals surface area contributed by atoms with E-state index in [1.165, 1.54) is 13.0 Å². The number of hydrogen-bond donors (Lipinski definition) is 1. The summed E-state index contributed by atoms with van der Waals surface area (Å²) in [6, 6.07) is 7.96. The molecule has 0 spiro atoms. The predicted molar refractivity (Wildman–Crippen MR) is 70.7 cm³/mol. The van der Waals surface area contributed by atoms with Crippen molar-refractivity contribution in [3.63, 3.8) is 0 Å². The molecule has 1 unspecified atom stereocenters. The van der Waals surface area contributed by atoms with Crippen molar-refractivity contribution >= 4 is 0 Å². The lowest BCUT2D eigenvalue weighted by atomic mass is 10.1. The van der Waals surface area contributed by atoms with E-state index in [1.54, 1.807) is 0 Å². The summed E-state index contributed by atoms with van der Waals surface area (Å²) in [5.41, 5.74) is 0.437. The van der Waals surface area contributed by atoms with Gasteiger partial charge in [-0.05, 0) is 57.0 Å². The van der Waals surface area contributed by atoms with Gasteiger partial charge in [-0.2, -0.15) is 0 Å². The lowest BCUT2D eigenvalue weighted by Gasteiger charge is -2.30. The van der Waals surface area contributed by atoms with Gasteiger partial charge in [-0.15, -0.1) is 0 Å². The standard InChI is InChI=1S/C15H21NO2/c1-16-9-3-6-14(11-16)18-13-5-2-4-12(10-13)15(17)7-8-15/h2,4-5,10,14,17H,3,6-9,11H2,1H3. The maximum atomic E-state index is 10.1. The van der Waals surface area contributed by atoms with Gasteiger partial charge in [0.05, 0.1) is 5.60 Å². The Balaban J connectivity index is 1.69. The summed E-state index contributed by atoms with van der Waals surface area (Å²) in [6.07, 6.45) is 4.36. The molecule has 1 atom stereocenters. The van der Waals surface area contributed by atoms with Crippen LogP contribution in [0.1, 0.15) is 31.2 Å². The second-order valence-electron chi connectivity index (χ2n) is 5.70. The number of likely N-dealkylation sites (tertiary alicyclic amines) is 1. The molecule has 3 rings (SSSR count). The summed E-state index contributed by atoms with van der Waals surface area (Å²) in [6.45, 7) is 2.16. The third kappa shape index (κ3) is 2.52. The van der Waals surface area contributed by atoms with Crippen LogP contribution in [0.25, 0.3) is 0 Å². The Morgan fingerprint density at radius 2 is 2.22 bits per heavy atom. The zero-order chi connectivity index (χ0) is 12.6. The van der Waals surface area contributed by atoms with Crippen molar-refractivity contribution in [1.29, 1.82) is 0 Å². The van der Waals surface area contributed by atoms with E-state index in [2.05, 4.69) is 11.9 Å². The number of ether oxygens (including phenoxy) is 1. The topological polar surface area (TPSA) is 32.7 Å². The Labute approximate surface area is 108 Å². The lowest BCUT2D eigenvalue weighted by molar-refractivity contribution is 0.103. The molecule has 1 aliphatic carbocycles. The average molecular weight is 247 g/mol. The second-order valence-corrected chi connectivity index (χ2v) is 5.70. The summed E-state index contributed by atoms with van der Waals surface area (Å²) in [5, 5.41) is 10.1. The highest BCUT2D eigenvalue weighted by atomic mass is 16.5. The maximum absolute atomic E-state index is 10.1. The van der Waals surface area contributed by atoms with E-state index in [0.29, 0.717) is 0 Å². The number of aliphatic hydroxyl groups is 1. The minimum Gasteiger partial charge on any atom is -0.489 e. The molecule has 2 fully saturated rings. The summed E-state index contributed by atoms with van der Waals surface area (Å²) >= 11 is 0. The molecule has 0 bridgehead atoms. The summed E-state index contributed by atoms with van der Waals surface area (Å²) < 4.78 is 6.04. The molecule has 1 saturated carbocycles. The molecule has 98 valence electrons. The molecular weight excluding hydrogens is 226 g/mol. The second kappa shape index (κ2) is 4.56. The van der Waals surface area contributed by atoms with Crippen molar-refractivity contribution < 1.29 is 9.84 Å². The molecule has 0 radical (unpaired) electrons. The smallest absolute Gasteiger partial charge is 0.120 e. The molecule has 1 N–H and O–H groups in total. The normalized spacial score (nSPS) is 26.9. The van der Waals surface area contributed by atoms with Gasteiger partial charge in [0.2, 0.25) is 0 Å². The predicted octanol–water partition coefficient (Wildman–Crippen LogP) is 2.14. The van der Waals surface area contributed by atoms with E-state index >= 15 is 0 Å². The number of rotatable bonds is 3. The van der Waals surface area contributed by atoms with Gasteiger partial charge in [0.25, 0.3) is 0 Å². The van der Waals surface area contributed by atoms with Gasteiger partial charge in [-0.25, -0.2) is 0 Å². The van der Waals surface area contributed by atoms with Crippen LogP contribution < -0.4 is 4.74 Å². The first-order valence-corrected chi connectivity index (χ1v) is 6.84. The fourth-order valence-electron chi connectivity index (χ4n) is 2.67. The van der Waals surface area contributed by atoms with Crippen LogP contribution in [0.4, 0.5) is 0 Å². The molecule has 1 aromatic rings. The van der Waals surface area contributed by atoms with Crippen LogP contribution >= 0.6 is 0 Å². The van der Waals surface area contributed by atoms with E-state index in [1.807, 2.05) is 24.3 Å². The fourth-order valence-corrected chi connectivity index (χ4v) is 2.67.